The Labute approximate surface area is 119 Å². The van der Waals surface area contributed by atoms with Crippen LogP contribution in [0.2, 0.25) is 0 Å². The minimum absolute atomic E-state index is 0.500. The van der Waals surface area contributed by atoms with Crippen molar-refractivity contribution in [2.24, 2.45) is 0 Å². The van der Waals surface area contributed by atoms with Crippen molar-refractivity contribution in [3.05, 3.63) is 35.8 Å². The summed E-state index contributed by atoms with van der Waals surface area (Å²) in [5.74, 6) is 2.25. The van der Waals surface area contributed by atoms with Gasteiger partial charge in [0.05, 0.1) is 18.6 Å². The van der Waals surface area contributed by atoms with Crippen LogP contribution in [0, 0.1) is 6.92 Å². The maximum absolute atomic E-state index is 5.87. The number of aryl methyl sites for hydroxylation is 1. The number of pyridine rings is 1. The van der Waals surface area contributed by atoms with E-state index in [1.807, 2.05) is 44.0 Å². The number of nitrogen functional groups attached to an aromatic ring is 1. The van der Waals surface area contributed by atoms with Gasteiger partial charge >= 0.3 is 0 Å². The summed E-state index contributed by atoms with van der Waals surface area (Å²) < 4.78 is 10.9. The number of ether oxygens (including phenoxy) is 1. The smallest absolute Gasteiger partial charge is 0.239 e. The van der Waals surface area contributed by atoms with Gasteiger partial charge in [-0.05, 0) is 31.5 Å². The van der Waals surface area contributed by atoms with Crippen molar-refractivity contribution in [2.75, 3.05) is 24.3 Å². The molecule has 0 aliphatic carbocycles. The Balaban J connectivity index is 2.13. The highest BCUT2D eigenvalue weighted by molar-refractivity contribution is 5.54. The molecule has 5 heteroatoms. The number of rotatable bonds is 6. The molecule has 2 aromatic rings. The Hall–Kier alpha value is -2.17. The molecule has 2 rings (SSSR count). The molecular weight excluding hydrogens is 254 g/mol. The van der Waals surface area contributed by atoms with Crippen molar-refractivity contribution in [3.8, 4) is 5.88 Å². The van der Waals surface area contributed by atoms with Crippen molar-refractivity contribution in [3.63, 3.8) is 0 Å². The van der Waals surface area contributed by atoms with Gasteiger partial charge in [-0.2, -0.15) is 4.98 Å². The van der Waals surface area contributed by atoms with Crippen LogP contribution in [0.1, 0.15) is 24.7 Å². The van der Waals surface area contributed by atoms with E-state index in [0.29, 0.717) is 18.2 Å². The third kappa shape index (κ3) is 3.23. The molecule has 0 spiro atoms. The first kappa shape index (κ1) is 14.2. The molecule has 0 bridgehead atoms. The molecule has 0 aliphatic heterocycles. The largest absolute Gasteiger partial charge is 0.476 e. The third-order valence-electron chi connectivity index (χ3n) is 3.08. The number of aromatic nitrogens is 1. The van der Waals surface area contributed by atoms with Crippen LogP contribution in [0.4, 0.5) is 11.5 Å². The normalized spacial score (nSPS) is 10.6. The zero-order valence-electron chi connectivity index (χ0n) is 12.2. The van der Waals surface area contributed by atoms with Crippen molar-refractivity contribution < 1.29 is 9.15 Å². The van der Waals surface area contributed by atoms with Gasteiger partial charge in [-0.3, -0.25) is 0 Å². The fourth-order valence-electron chi connectivity index (χ4n) is 1.88. The summed E-state index contributed by atoms with van der Waals surface area (Å²) in [5.41, 5.74) is 7.58. The molecule has 0 fully saturated rings. The zero-order chi connectivity index (χ0) is 14.5. The minimum Gasteiger partial charge on any atom is -0.476 e. The molecule has 2 N–H and O–H groups in total. The molecule has 0 unspecified atom stereocenters. The fourth-order valence-corrected chi connectivity index (χ4v) is 1.88. The first-order valence-electron chi connectivity index (χ1n) is 6.75. The zero-order valence-corrected chi connectivity index (χ0v) is 12.2. The Morgan fingerprint density at radius 3 is 2.80 bits per heavy atom. The van der Waals surface area contributed by atoms with Crippen LogP contribution in [-0.4, -0.2) is 18.6 Å². The van der Waals surface area contributed by atoms with Gasteiger partial charge in [-0.1, -0.05) is 6.92 Å². The number of hydrogen-bond donors (Lipinski definition) is 1. The van der Waals surface area contributed by atoms with E-state index in [4.69, 9.17) is 14.9 Å². The van der Waals surface area contributed by atoms with E-state index in [2.05, 4.69) is 4.98 Å². The molecule has 0 aliphatic rings. The first-order chi connectivity index (χ1) is 9.61. The summed E-state index contributed by atoms with van der Waals surface area (Å²) in [6, 6.07) is 5.69. The van der Waals surface area contributed by atoms with Crippen molar-refractivity contribution >= 4 is 11.5 Å². The molecule has 0 amide bonds. The summed E-state index contributed by atoms with van der Waals surface area (Å²) in [5, 5.41) is 0. The van der Waals surface area contributed by atoms with Crippen LogP contribution in [0.3, 0.4) is 0 Å². The van der Waals surface area contributed by atoms with Gasteiger partial charge in [0.2, 0.25) is 5.88 Å². The molecule has 0 aromatic carbocycles. The molecule has 0 radical (unpaired) electrons. The van der Waals surface area contributed by atoms with Crippen LogP contribution in [-0.2, 0) is 6.54 Å². The Morgan fingerprint density at radius 1 is 1.35 bits per heavy atom. The molecular formula is C15H21N3O2. The van der Waals surface area contributed by atoms with E-state index < -0.39 is 0 Å². The van der Waals surface area contributed by atoms with Crippen LogP contribution in [0.25, 0.3) is 0 Å². The van der Waals surface area contributed by atoms with Crippen LogP contribution in [0.15, 0.2) is 28.9 Å². The topological polar surface area (TPSA) is 64.5 Å². The van der Waals surface area contributed by atoms with Gasteiger partial charge in [0.25, 0.3) is 0 Å². The number of furan rings is 1. The van der Waals surface area contributed by atoms with Gasteiger partial charge in [0.1, 0.15) is 11.6 Å². The average molecular weight is 275 g/mol. The predicted molar refractivity (Wildman–Crippen MR) is 80.0 cm³/mol. The Morgan fingerprint density at radius 2 is 2.15 bits per heavy atom. The van der Waals surface area contributed by atoms with E-state index in [1.165, 1.54) is 0 Å². The second-order valence-electron chi connectivity index (χ2n) is 4.77. The lowest BCUT2D eigenvalue weighted by Gasteiger charge is -2.19. The average Bonchev–Trinajstić information content (AvgIpc) is 2.83. The monoisotopic (exact) mass is 275 g/mol. The number of hydrogen-bond acceptors (Lipinski definition) is 5. The second kappa shape index (κ2) is 6.32. The summed E-state index contributed by atoms with van der Waals surface area (Å²) in [6.07, 6.45) is 2.63. The Kier molecular flexibility index (Phi) is 4.50. The number of nitrogens with zero attached hydrogens (tertiary/aromatic N) is 2. The molecule has 20 heavy (non-hydrogen) atoms. The minimum atomic E-state index is 0.500. The lowest BCUT2D eigenvalue weighted by atomic mass is 10.2. The first-order valence-corrected chi connectivity index (χ1v) is 6.75. The van der Waals surface area contributed by atoms with Crippen molar-refractivity contribution in [1.29, 1.82) is 0 Å². The van der Waals surface area contributed by atoms with Crippen LogP contribution in [0.5, 0.6) is 5.88 Å². The van der Waals surface area contributed by atoms with Gasteiger partial charge in [-0.25, -0.2) is 0 Å². The van der Waals surface area contributed by atoms with Gasteiger partial charge in [0, 0.05) is 19.2 Å². The number of anilines is 2. The molecule has 0 saturated carbocycles. The SMILES string of the molecule is CCCOc1nc(N(C)Cc2ccoc2C)ccc1N. The highest BCUT2D eigenvalue weighted by atomic mass is 16.5. The van der Waals surface area contributed by atoms with Gasteiger partial charge < -0.3 is 19.8 Å². The van der Waals surface area contributed by atoms with Crippen molar-refractivity contribution in [1.82, 2.24) is 4.98 Å². The maximum Gasteiger partial charge on any atom is 0.239 e. The van der Waals surface area contributed by atoms with E-state index >= 15 is 0 Å². The van der Waals surface area contributed by atoms with E-state index in [-0.39, 0.29) is 0 Å². The van der Waals surface area contributed by atoms with E-state index in [9.17, 15) is 0 Å². The molecule has 0 atom stereocenters. The molecule has 2 aromatic heterocycles. The highest BCUT2D eigenvalue weighted by Crippen LogP contribution is 2.24. The summed E-state index contributed by atoms with van der Waals surface area (Å²) in [7, 11) is 1.98. The molecule has 108 valence electrons. The van der Waals surface area contributed by atoms with Gasteiger partial charge in [0.15, 0.2) is 0 Å². The lowest BCUT2D eigenvalue weighted by Crippen LogP contribution is -2.18. The van der Waals surface area contributed by atoms with Crippen LogP contribution >= 0.6 is 0 Å². The molecule has 2 heterocycles. The predicted octanol–water partition coefficient (Wildman–Crippen LogP) is 2.99. The summed E-state index contributed by atoms with van der Waals surface area (Å²) >= 11 is 0. The molecule has 5 nitrogen and oxygen atoms in total. The van der Waals surface area contributed by atoms with Gasteiger partial charge in [-0.15, -0.1) is 0 Å². The molecule has 0 saturated heterocycles. The summed E-state index contributed by atoms with van der Waals surface area (Å²) in [6.45, 7) is 5.35. The summed E-state index contributed by atoms with van der Waals surface area (Å²) in [4.78, 5) is 6.51. The van der Waals surface area contributed by atoms with E-state index in [0.717, 1.165) is 30.1 Å². The van der Waals surface area contributed by atoms with Crippen LogP contribution < -0.4 is 15.4 Å². The number of nitrogens with two attached hydrogens (primary N) is 1. The Bertz CT molecular complexity index is 566. The van der Waals surface area contributed by atoms with Crippen molar-refractivity contribution in [2.45, 2.75) is 26.8 Å². The fraction of sp³-hybridized carbons (Fsp3) is 0.400. The standard InChI is InChI=1S/C15H21N3O2/c1-4-8-20-15-13(16)5-6-14(17-15)18(3)10-12-7-9-19-11(12)2/h5-7,9H,4,8,10,16H2,1-3H3. The maximum atomic E-state index is 5.87. The second-order valence-corrected chi connectivity index (χ2v) is 4.77. The third-order valence-corrected chi connectivity index (χ3v) is 3.08. The lowest BCUT2D eigenvalue weighted by molar-refractivity contribution is 0.307. The van der Waals surface area contributed by atoms with E-state index in [1.54, 1.807) is 6.26 Å². The highest BCUT2D eigenvalue weighted by Gasteiger charge is 2.10. The quantitative estimate of drug-likeness (QED) is 0.878.